The minimum atomic E-state index is -0.452. The van der Waals surface area contributed by atoms with Crippen LogP contribution >= 0.6 is 15.9 Å². The number of carbonyl (C=O) groups is 2. The van der Waals surface area contributed by atoms with Gasteiger partial charge in [-0.3, -0.25) is 9.59 Å². The van der Waals surface area contributed by atoms with Crippen molar-refractivity contribution >= 4 is 55.2 Å². The lowest BCUT2D eigenvalue weighted by molar-refractivity contribution is 0.0997. The van der Waals surface area contributed by atoms with Crippen molar-refractivity contribution in [2.75, 3.05) is 12.4 Å². The SMILES string of the molecule is COc1ccc(C(=O)c2oc3ccccc3c2NC(=O)c2oc3c(C)c(C)ccc3c2C)cc1Br. The van der Waals surface area contributed by atoms with E-state index in [1.54, 1.807) is 37.4 Å². The number of ether oxygens (including phenoxy) is 1. The average molecular weight is 532 g/mol. The number of amides is 1. The number of furan rings is 2. The Bertz CT molecular complexity index is 1640. The van der Waals surface area contributed by atoms with Crippen LogP contribution in [0, 0.1) is 20.8 Å². The largest absolute Gasteiger partial charge is 0.496 e. The van der Waals surface area contributed by atoms with Crippen molar-refractivity contribution in [1.82, 2.24) is 0 Å². The van der Waals surface area contributed by atoms with Crippen molar-refractivity contribution in [3.63, 3.8) is 0 Å². The lowest BCUT2D eigenvalue weighted by atomic mass is 10.0. The number of nitrogens with one attached hydrogen (secondary N) is 1. The molecule has 0 aliphatic heterocycles. The van der Waals surface area contributed by atoms with Crippen LogP contribution < -0.4 is 10.1 Å². The monoisotopic (exact) mass is 531 g/mol. The van der Waals surface area contributed by atoms with Gasteiger partial charge in [0.1, 0.15) is 16.9 Å². The van der Waals surface area contributed by atoms with Gasteiger partial charge in [0.2, 0.25) is 5.78 Å². The Morgan fingerprint density at radius 3 is 2.40 bits per heavy atom. The first-order valence-corrected chi connectivity index (χ1v) is 11.8. The summed E-state index contributed by atoms with van der Waals surface area (Å²) >= 11 is 3.42. The summed E-state index contributed by atoms with van der Waals surface area (Å²) in [4.78, 5) is 26.9. The third-order valence-corrected chi connectivity index (χ3v) is 6.91. The number of para-hydroxylation sites is 1. The highest BCUT2D eigenvalue weighted by Gasteiger charge is 2.26. The van der Waals surface area contributed by atoms with E-state index >= 15 is 0 Å². The second-order valence-corrected chi connectivity index (χ2v) is 9.23. The summed E-state index contributed by atoms with van der Waals surface area (Å²) in [7, 11) is 1.55. The number of fused-ring (bicyclic) bond motifs is 2. The maximum atomic E-state index is 13.5. The summed E-state index contributed by atoms with van der Waals surface area (Å²) in [6.07, 6.45) is 0. The van der Waals surface area contributed by atoms with Crippen LogP contribution in [0.2, 0.25) is 0 Å². The molecule has 0 bridgehead atoms. The average Bonchev–Trinajstić information content (AvgIpc) is 3.39. The number of benzene rings is 3. The minimum Gasteiger partial charge on any atom is -0.496 e. The molecule has 3 aromatic carbocycles. The predicted octanol–water partition coefficient (Wildman–Crippen LogP) is 7.36. The van der Waals surface area contributed by atoms with E-state index in [0.29, 0.717) is 38.0 Å². The molecule has 0 unspecified atom stereocenters. The van der Waals surface area contributed by atoms with Crippen LogP contribution in [0.15, 0.2) is 67.9 Å². The molecule has 0 saturated carbocycles. The first-order chi connectivity index (χ1) is 16.8. The summed E-state index contributed by atoms with van der Waals surface area (Å²) in [6, 6.07) is 16.2. The molecule has 0 atom stereocenters. The van der Waals surface area contributed by atoms with Gasteiger partial charge in [-0.05, 0) is 78.2 Å². The van der Waals surface area contributed by atoms with Crippen molar-refractivity contribution < 1.29 is 23.2 Å². The van der Waals surface area contributed by atoms with Crippen LogP contribution in [0.25, 0.3) is 21.9 Å². The standard InChI is InChI=1S/C28H22BrNO5/c1-14-9-11-18-16(3)26(35-25(18)15(14)2)28(32)30-23-19-7-5-6-8-21(19)34-27(23)24(31)17-10-12-22(33-4)20(29)13-17/h5-13H,1-4H3,(H,30,32). The third-order valence-electron chi connectivity index (χ3n) is 6.29. The van der Waals surface area contributed by atoms with Crippen LogP contribution in [0.4, 0.5) is 5.69 Å². The molecule has 5 aromatic rings. The Morgan fingerprint density at radius 1 is 0.886 bits per heavy atom. The molecule has 176 valence electrons. The Morgan fingerprint density at radius 2 is 1.66 bits per heavy atom. The van der Waals surface area contributed by atoms with E-state index < -0.39 is 5.91 Å². The molecule has 0 radical (unpaired) electrons. The third kappa shape index (κ3) is 3.82. The maximum absolute atomic E-state index is 13.5. The van der Waals surface area contributed by atoms with Crippen LogP contribution in [-0.2, 0) is 0 Å². The Labute approximate surface area is 210 Å². The summed E-state index contributed by atoms with van der Waals surface area (Å²) < 4.78 is 17.8. The number of methoxy groups -OCH3 is 1. The summed E-state index contributed by atoms with van der Waals surface area (Å²) in [5, 5.41) is 4.40. The molecule has 0 spiro atoms. The van der Waals surface area contributed by atoms with Gasteiger partial charge in [0.25, 0.3) is 5.91 Å². The molecule has 0 aliphatic rings. The highest BCUT2D eigenvalue weighted by Crippen LogP contribution is 2.35. The first kappa shape index (κ1) is 22.9. The van der Waals surface area contributed by atoms with Crippen LogP contribution in [-0.4, -0.2) is 18.8 Å². The summed E-state index contributed by atoms with van der Waals surface area (Å²) in [5.41, 5.74) is 4.67. The van der Waals surface area contributed by atoms with E-state index in [1.165, 1.54) is 0 Å². The molecule has 0 saturated heterocycles. The van der Waals surface area contributed by atoms with E-state index in [0.717, 1.165) is 22.1 Å². The van der Waals surface area contributed by atoms with E-state index in [2.05, 4.69) is 21.2 Å². The van der Waals surface area contributed by atoms with Gasteiger partial charge in [0.05, 0.1) is 17.3 Å². The van der Waals surface area contributed by atoms with E-state index in [1.807, 2.05) is 45.0 Å². The number of carbonyl (C=O) groups excluding carboxylic acids is 2. The van der Waals surface area contributed by atoms with Crippen LogP contribution in [0.1, 0.15) is 43.4 Å². The number of anilines is 1. The van der Waals surface area contributed by atoms with Gasteiger partial charge in [-0.25, -0.2) is 0 Å². The van der Waals surface area contributed by atoms with Crippen LogP contribution in [0.3, 0.4) is 0 Å². The Kier molecular flexibility index (Phi) is 5.73. The van der Waals surface area contributed by atoms with E-state index in [-0.39, 0.29) is 17.3 Å². The lowest BCUT2D eigenvalue weighted by Gasteiger charge is -2.07. The molecular weight excluding hydrogens is 510 g/mol. The fourth-order valence-corrected chi connectivity index (χ4v) is 4.71. The molecule has 0 aliphatic carbocycles. The molecule has 0 fully saturated rings. The van der Waals surface area contributed by atoms with Crippen molar-refractivity contribution in [2.45, 2.75) is 20.8 Å². The second-order valence-electron chi connectivity index (χ2n) is 8.38. The number of hydrogen-bond donors (Lipinski definition) is 1. The molecular formula is C28H22BrNO5. The molecule has 6 nitrogen and oxygen atoms in total. The zero-order valence-corrected chi connectivity index (χ0v) is 21.2. The van der Waals surface area contributed by atoms with Crippen LogP contribution in [0.5, 0.6) is 5.75 Å². The van der Waals surface area contributed by atoms with E-state index in [4.69, 9.17) is 13.6 Å². The van der Waals surface area contributed by atoms with Gasteiger partial charge in [0.15, 0.2) is 11.5 Å². The van der Waals surface area contributed by atoms with E-state index in [9.17, 15) is 9.59 Å². The highest BCUT2D eigenvalue weighted by atomic mass is 79.9. The quantitative estimate of drug-likeness (QED) is 0.239. The van der Waals surface area contributed by atoms with Crippen molar-refractivity contribution in [1.29, 1.82) is 0 Å². The number of ketones is 1. The number of hydrogen-bond acceptors (Lipinski definition) is 5. The van der Waals surface area contributed by atoms with Gasteiger partial charge < -0.3 is 18.9 Å². The molecule has 7 heteroatoms. The summed E-state index contributed by atoms with van der Waals surface area (Å²) in [5.74, 6) is 0.0208. The number of aryl methyl sites for hydroxylation is 3. The molecule has 2 heterocycles. The number of rotatable bonds is 5. The molecule has 5 rings (SSSR count). The zero-order chi connectivity index (χ0) is 24.9. The second kappa shape index (κ2) is 8.74. The van der Waals surface area contributed by atoms with Gasteiger partial charge in [-0.2, -0.15) is 0 Å². The predicted molar refractivity (Wildman–Crippen MR) is 139 cm³/mol. The van der Waals surface area contributed by atoms with Gasteiger partial charge >= 0.3 is 0 Å². The maximum Gasteiger partial charge on any atom is 0.291 e. The normalized spacial score (nSPS) is 11.2. The fourth-order valence-electron chi connectivity index (χ4n) is 4.17. The molecule has 2 aromatic heterocycles. The van der Waals surface area contributed by atoms with Gasteiger partial charge in [-0.1, -0.05) is 24.3 Å². The lowest BCUT2D eigenvalue weighted by Crippen LogP contribution is -2.14. The minimum absolute atomic E-state index is 0.0393. The summed E-state index contributed by atoms with van der Waals surface area (Å²) in [6.45, 7) is 5.82. The Hall–Kier alpha value is -3.84. The zero-order valence-electron chi connectivity index (χ0n) is 19.6. The fraction of sp³-hybridized carbons (Fsp3) is 0.143. The Balaban J connectivity index is 1.59. The molecule has 1 amide bonds. The topological polar surface area (TPSA) is 81.7 Å². The van der Waals surface area contributed by atoms with Gasteiger partial charge in [-0.15, -0.1) is 0 Å². The van der Waals surface area contributed by atoms with Crippen molar-refractivity contribution in [3.8, 4) is 5.75 Å². The number of halogens is 1. The van der Waals surface area contributed by atoms with Gasteiger partial charge in [0, 0.05) is 21.9 Å². The van der Waals surface area contributed by atoms with Crippen molar-refractivity contribution in [2.24, 2.45) is 0 Å². The van der Waals surface area contributed by atoms with Crippen molar-refractivity contribution in [3.05, 3.63) is 92.8 Å². The molecule has 1 N–H and O–H groups in total. The molecule has 35 heavy (non-hydrogen) atoms. The highest BCUT2D eigenvalue weighted by molar-refractivity contribution is 9.10. The first-order valence-electron chi connectivity index (χ1n) is 11.0. The smallest absolute Gasteiger partial charge is 0.291 e.